The molecule has 2 atom stereocenters. The van der Waals surface area contributed by atoms with Crippen molar-refractivity contribution in [2.24, 2.45) is 0 Å². The van der Waals surface area contributed by atoms with Crippen molar-refractivity contribution in [3.05, 3.63) is 12.5 Å². The number of carbonyl (C=O) groups is 2. The van der Waals surface area contributed by atoms with Crippen LogP contribution in [0.15, 0.2) is 12.5 Å². The average Bonchev–Trinajstić information content (AvgIpc) is 2.93. The van der Waals surface area contributed by atoms with Crippen LogP contribution in [-0.4, -0.2) is 50.9 Å². The van der Waals surface area contributed by atoms with Crippen LogP contribution >= 0.6 is 0 Å². The van der Waals surface area contributed by atoms with E-state index in [1.807, 2.05) is 0 Å². The number of cyclic esters (lactones) is 2. The van der Waals surface area contributed by atoms with E-state index in [4.69, 9.17) is 18.9 Å². The van der Waals surface area contributed by atoms with Gasteiger partial charge in [0.1, 0.15) is 26.4 Å². The highest BCUT2D eigenvalue weighted by atomic mass is 16.8. The third-order valence-electron chi connectivity index (χ3n) is 2.15. The van der Waals surface area contributed by atoms with Gasteiger partial charge in [-0.15, -0.1) is 0 Å². The molecule has 0 aromatic heterocycles. The molecule has 18 heavy (non-hydrogen) atoms. The Kier molecular flexibility index (Phi) is 3.75. The van der Waals surface area contributed by atoms with Gasteiger partial charge in [0.05, 0.1) is 0 Å². The molecule has 0 bridgehead atoms. The van der Waals surface area contributed by atoms with Crippen LogP contribution in [-0.2, 0) is 28.4 Å². The summed E-state index contributed by atoms with van der Waals surface area (Å²) in [5.74, 6) is 0.201. The largest absolute Gasteiger partial charge is 0.508 e. The Hall–Kier alpha value is -2.12. The first-order valence-electron chi connectivity index (χ1n) is 5.25. The number of hydrogen-bond acceptors (Lipinski definition) is 8. The monoisotopic (exact) mass is 260 g/mol. The smallest absolute Gasteiger partial charge is 0.462 e. The molecule has 2 saturated heterocycles. The Labute approximate surface area is 102 Å². The molecule has 2 rings (SSSR count). The standard InChI is InChI=1S/C10H12O8/c1-6-13-2-7(17-6)3-14-9(11)15-4-8-5-16-10(12)18-8/h7-8H,1-5H2. The van der Waals surface area contributed by atoms with Gasteiger partial charge in [-0.25, -0.2) is 9.59 Å². The lowest BCUT2D eigenvalue weighted by Gasteiger charge is -2.10. The molecule has 0 N–H and O–H groups in total. The van der Waals surface area contributed by atoms with Crippen LogP contribution in [0.3, 0.4) is 0 Å². The van der Waals surface area contributed by atoms with E-state index in [2.05, 4.69) is 16.1 Å². The summed E-state index contributed by atoms with van der Waals surface area (Å²) >= 11 is 0. The lowest BCUT2D eigenvalue weighted by atomic mass is 10.4. The number of hydrogen-bond donors (Lipinski definition) is 0. The van der Waals surface area contributed by atoms with Crippen molar-refractivity contribution >= 4 is 12.3 Å². The van der Waals surface area contributed by atoms with Gasteiger partial charge in [-0.3, -0.25) is 0 Å². The van der Waals surface area contributed by atoms with Gasteiger partial charge in [0.2, 0.25) is 0 Å². The second-order valence-corrected chi connectivity index (χ2v) is 3.60. The van der Waals surface area contributed by atoms with Gasteiger partial charge in [-0.1, -0.05) is 0 Å². The van der Waals surface area contributed by atoms with E-state index < -0.39 is 18.4 Å². The van der Waals surface area contributed by atoms with Gasteiger partial charge in [0, 0.05) is 0 Å². The molecule has 0 radical (unpaired) electrons. The topological polar surface area (TPSA) is 89.5 Å². The molecule has 0 aromatic rings. The van der Waals surface area contributed by atoms with Crippen molar-refractivity contribution in [2.45, 2.75) is 12.2 Å². The van der Waals surface area contributed by atoms with Gasteiger partial charge < -0.3 is 28.4 Å². The third kappa shape index (κ3) is 3.44. The predicted molar refractivity (Wildman–Crippen MR) is 53.5 cm³/mol. The molecule has 8 heteroatoms. The first kappa shape index (κ1) is 12.3. The Bertz CT molecular complexity index is 320. The van der Waals surface area contributed by atoms with Crippen LogP contribution in [0.2, 0.25) is 0 Å². The molecule has 0 saturated carbocycles. The third-order valence-corrected chi connectivity index (χ3v) is 2.15. The van der Waals surface area contributed by atoms with Gasteiger partial charge >= 0.3 is 12.3 Å². The zero-order valence-corrected chi connectivity index (χ0v) is 9.46. The van der Waals surface area contributed by atoms with E-state index in [-0.39, 0.29) is 38.5 Å². The Morgan fingerprint density at radius 2 is 1.78 bits per heavy atom. The zero-order chi connectivity index (χ0) is 13.0. The summed E-state index contributed by atoms with van der Waals surface area (Å²) in [6, 6.07) is 0. The molecule has 2 heterocycles. The van der Waals surface area contributed by atoms with Crippen molar-refractivity contribution in [1.82, 2.24) is 0 Å². The summed E-state index contributed by atoms with van der Waals surface area (Å²) < 4.78 is 28.7. The number of rotatable bonds is 4. The fourth-order valence-corrected chi connectivity index (χ4v) is 1.33. The van der Waals surface area contributed by atoms with E-state index in [9.17, 15) is 9.59 Å². The molecule has 2 unspecified atom stereocenters. The predicted octanol–water partition coefficient (Wildman–Crippen LogP) is 0.562. The molecule has 2 aliphatic rings. The summed E-state index contributed by atoms with van der Waals surface area (Å²) in [4.78, 5) is 21.7. The number of carbonyl (C=O) groups excluding carboxylic acids is 2. The lowest BCUT2D eigenvalue weighted by Crippen LogP contribution is -2.24. The summed E-state index contributed by atoms with van der Waals surface area (Å²) in [6.07, 6.45) is -2.61. The van der Waals surface area contributed by atoms with Crippen LogP contribution in [0.1, 0.15) is 0 Å². The minimum Gasteiger partial charge on any atom is -0.462 e. The molecular weight excluding hydrogens is 248 g/mol. The second kappa shape index (κ2) is 5.48. The first-order chi connectivity index (χ1) is 8.63. The quantitative estimate of drug-likeness (QED) is 0.677. The number of ether oxygens (including phenoxy) is 6. The molecule has 8 nitrogen and oxygen atoms in total. The molecule has 2 fully saturated rings. The fraction of sp³-hybridized carbons (Fsp3) is 0.600. The summed E-state index contributed by atoms with van der Waals surface area (Å²) in [5.41, 5.74) is 0. The Morgan fingerprint density at radius 3 is 2.28 bits per heavy atom. The molecule has 0 aromatic carbocycles. The van der Waals surface area contributed by atoms with E-state index in [1.54, 1.807) is 0 Å². The van der Waals surface area contributed by atoms with Crippen molar-refractivity contribution in [3.8, 4) is 0 Å². The molecule has 0 amide bonds. The first-order valence-corrected chi connectivity index (χ1v) is 5.25. The van der Waals surface area contributed by atoms with Crippen LogP contribution < -0.4 is 0 Å². The van der Waals surface area contributed by atoms with Crippen molar-refractivity contribution < 1.29 is 38.0 Å². The molecule has 0 spiro atoms. The SMILES string of the molecule is C=C1OCC(COC(=O)OCC2COC(=O)O2)O1. The van der Waals surface area contributed by atoms with E-state index >= 15 is 0 Å². The maximum absolute atomic E-state index is 11.2. The normalized spacial score (nSPS) is 25.8. The molecule has 0 aliphatic carbocycles. The lowest BCUT2D eigenvalue weighted by molar-refractivity contribution is 0.00442. The average molecular weight is 260 g/mol. The van der Waals surface area contributed by atoms with Gasteiger partial charge in [0.15, 0.2) is 12.2 Å². The van der Waals surface area contributed by atoms with E-state index in [1.165, 1.54) is 0 Å². The van der Waals surface area contributed by atoms with Crippen LogP contribution in [0.5, 0.6) is 0 Å². The summed E-state index contributed by atoms with van der Waals surface area (Å²) in [6.45, 7) is 3.67. The van der Waals surface area contributed by atoms with Crippen molar-refractivity contribution in [3.63, 3.8) is 0 Å². The van der Waals surface area contributed by atoms with E-state index in [0.29, 0.717) is 0 Å². The van der Waals surface area contributed by atoms with E-state index in [0.717, 1.165) is 0 Å². The highest BCUT2D eigenvalue weighted by molar-refractivity contribution is 5.62. The van der Waals surface area contributed by atoms with Gasteiger partial charge in [0.25, 0.3) is 5.95 Å². The molecular formula is C10H12O8. The highest BCUT2D eigenvalue weighted by Crippen LogP contribution is 2.13. The van der Waals surface area contributed by atoms with Crippen LogP contribution in [0.4, 0.5) is 9.59 Å². The molecule has 2 aliphatic heterocycles. The fourth-order valence-electron chi connectivity index (χ4n) is 1.33. The summed E-state index contributed by atoms with van der Waals surface area (Å²) in [7, 11) is 0. The summed E-state index contributed by atoms with van der Waals surface area (Å²) in [5, 5.41) is 0. The Morgan fingerprint density at radius 1 is 1.17 bits per heavy atom. The zero-order valence-electron chi connectivity index (χ0n) is 9.46. The van der Waals surface area contributed by atoms with Gasteiger partial charge in [-0.05, 0) is 6.58 Å². The minimum atomic E-state index is -0.876. The van der Waals surface area contributed by atoms with Crippen molar-refractivity contribution in [1.29, 1.82) is 0 Å². The van der Waals surface area contributed by atoms with Crippen LogP contribution in [0.25, 0.3) is 0 Å². The highest BCUT2D eigenvalue weighted by Gasteiger charge is 2.27. The second-order valence-electron chi connectivity index (χ2n) is 3.60. The maximum atomic E-state index is 11.2. The molecule has 100 valence electrons. The Balaban J connectivity index is 1.57. The maximum Gasteiger partial charge on any atom is 0.508 e. The van der Waals surface area contributed by atoms with Crippen LogP contribution in [0, 0.1) is 0 Å². The van der Waals surface area contributed by atoms with Gasteiger partial charge in [-0.2, -0.15) is 0 Å². The minimum absolute atomic E-state index is 0.00118. The van der Waals surface area contributed by atoms with Crippen molar-refractivity contribution in [2.75, 3.05) is 26.4 Å².